The van der Waals surface area contributed by atoms with Crippen LogP contribution in [-0.4, -0.2) is 18.3 Å². The van der Waals surface area contributed by atoms with Crippen molar-refractivity contribution in [3.8, 4) is 11.5 Å². The maximum Gasteiger partial charge on any atom is 0.125 e. The minimum absolute atomic E-state index is 0.107. The second kappa shape index (κ2) is 4.96. The molecule has 1 N–H and O–H groups in total. The predicted molar refractivity (Wildman–Crippen MR) is 66.4 cm³/mol. The molecule has 94 valence electrons. The summed E-state index contributed by atoms with van der Waals surface area (Å²) >= 11 is 0. The van der Waals surface area contributed by atoms with Gasteiger partial charge in [-0.15, -0.1) is 0 Å². The fraction of sp³-hybridized carbons (Fsp3) is 0.571. The Morgan fingerprint density at radius 1 is 1.53 bits per heavy atom. The number of hydrogen-bond acceptors (Lipinski definition) is 3. The van der Waals surface area contributed by atoms with E-state index in [0.29, 0.717) is 12.3 Å². The molecule has 17 heavy (non-hydrogen) atoms. The van der Waals surface area contributed by atoms with E-state index < -0.39 is 6.10 Å². The average Bonchev–Trinajstić information content (AvgIpc) is 2.37. The van der Waals surface area contributed by atoms with Crippen molar-refractivity contribution in [2.45, 2.75) is 38.9 Å². The summed E-state index contributed by atoms with van der Waals surface area (Å²) in [7, 11) is 1.62. The lowest BCUT2D eigenvalue weighted by Crippen LogP contribution is -2.31. The predicted octanol–water partition coefficient (Wildman–Crippen LogP) is 2.93. The summed E-state index contributed by atoms with van der Waals surface area (Å²) in [4.78, 5) is 0. The molecule has 0 saturated carbocycles. The number of fused-ring (bicyclic) bond motifs is 1. The number of methoxy groups -OCH3 is 1. The van der Waals surface area contributed by atoms with Gasteiger partial charge in [0.15, 0.2) is 0 Å². The maximum atomic E-state index is 10.2. The molecule has 0 aromatic heterocycles. The Hall–Kier alpha value is -1.22. The number of aliphatic hydroxyl groups is 1. The van der Waals surface area contributed by atoms with Gasteiger partial charge in [0.25, 0.3) is 0 Å². The van der Waals surface area contributed by atoms with Crippen molar-refractivity contribution in [2.24, 2.45) is 5.92 Å². The first kappa shape index (κ1) is 12.2. The highest BCUT2D eigenvalue weighted by molar-refractivity contribution is 5.43. The fourth-order valence-corrected chi connectivity index (χ4v) is 2.19. The van der Waals surface area contributed by atoms with E-state index in [0.717, 1.165) is 23.5 Å². The molecule has 0 amide bonds. The molecule has 0 aliphatic carbocycles. The van der Waals surface area contributed by atoms with Crippen LogP contribution in [0.3, 0.4) is 0 Å². The molecule has 2 unspecified atom stereocenters. The standard InChI is InChI=1S/C14H20O3/c1-4-9(2)14-8-12(15)11-7-10(16-3)5-6-13(11)17-14/h5-7,9,12,14-15H,4,8H2,1-3H3/t9?,12-,14?/m1/s1. The summed E-state index contributed by atoms with van der Waals surface area (Å²) in [6.45, 7) is 4.30. The molecular formula is C14H20O3. The first-order valence-electron chi connectivity index (χ1n) is 6.18. The summed E-state index contributed by atoms with van der Waals surface area (Å²) in [5.41, 5.74) is 0.837. The van der Waals surface area contributed by atoms with Gasteiger partial charge in [-0.05, 0) is 24.1 Å². The maximum absolute atomic E-state index is 10.2. The number of rotatable bonds is 3. The second-order valence-corrected chi connectivity index (χ2v) is 4.70. The highest BCUT2D eigenvalue weighted by atomic mass is 16.5. The van der Waals surface area contributed by atoms with E-state index in [2.05, 4.69) is 13.8 Å². The van der Waals surface area contributed by atoms with Gasteiger partial charge in [0, 0.05) is 12.0 Å². The Morgan fingerprint density at radius 3 is 2.94 bits per heavy atom. The summed E-state index contributed by atoms with van der Waals surface area (Å²) < 4.78 is 11.1. The minimum Gasteiger partial charge on any atom is -0.497 e. The number of benzene rings is 1. The van der Waals surface area contributed by atoms with Crippen molar-refractivity contribution >= 4 is 0 Å². The van der Waals surface area contributed by atoms with Crippen LogP contribution in [0.25, 0.3) is 0 Å². The van der Waals surface area contributed by atoms with E-state index in [4.69, 9.17) is 9.47 Å². The Morgan fingerprint density at radius 2 is 2.29 bits per heavy atom. The van der Waals surface area contributed by atoms with Crippen LogP contribution >= 0.6 is 0 Å². The molecule has 0 fully saturated rings. The van der Waals surface area contributed by atoms with Crippen molar-refractivity contribution in [2.75, 3.05) is 7.11 Å². The van der Waals surface area contributed by atoms with Gasteiger partial charge in [-0.1, -0.05) is 20.3 Å². The second-order valence-electron chi connectivity index (χ2n) is 4.70. The first-order chi connectivity index (χ1) is 8.15. The van der Waals surface area contributed by atoms with Crippen LogP contribution in [0.2, 0.25) is 0 Å². The number of aliphatic hydroxyl groups excluding tert-OH is 1. The van der Waals surface area contributed by atoms with E-state index in [9.17, 15) is 5.11 Å². The van der Waals surface area contributed by atoms with Gasteiger partial charge in [-0.3, -0.25) is 0 Å². The third-order valence-corrected chi connectivity index (χ3v) is 3.59. The highest BCUT2D eigenvalue weighted by Gasteiger charge is 2.30. The Bertz CT molecular complexity index is 389. The summed E-state index contributed by atoms with van der Waals surface area (Å²) in [5.74, 6) is 2.00. The quantitative estimate of drug-likeness (QED) is 0.877. The first-order valence-corrected chi connectivity index (χ1v) is 6.18. The normalized spacial score (nSPS) is 24.7. The average molecular weight is 236 g/mol. The SMILES string of the molecule is CCC(C)C1C[C@@H](O)c2cc(OC)ccc2O1. The minimum atomic E-state index is -0.451. The molecule has 3 atom stereocenters. The van der Waals surface area contributed by atoms with Gasteiger partial charge in [0.05, 0.1) is 13.2 Å². The number of ether oxygens (including phenoxy) is 2. The lowest BCUT2D eigenvalue weighted by molar-refractivity contribution is 0.0373. The Labute approximate surface area is 102 Å². The molecule has 0 spiro atoms. The van der Waals surface area contributed by atoms with Gasteiger partial charge in [0.2, 0.25) is 0 Å². The van der Waals surface area contributed by atoms with Gasteiger partial charge in [-0.2, -0.15) is 0 Å². The molecule has 1 aliphatic heterocycles. The third kappa shape index (κ3) is 2.39. The van der Waals surface area contributed by atoms with Crippen molar-refractivity contribution in [1.82, 2.24) is 0 Å². The van der Waals surface area contributed by atoms with E-state index in [1.54, 1.807) is 7.11 Å². The third-order valence-electron chi connectivity index (χ3n) is 3.59. The zero-order chi connectivity index (χ0) is 12.4. The van der Waals surface area contributed by atoms with Crippen LogP contribution in [-0.2, 0) is 0 Å². The molecular weight excluding hydrogens is 216 g/mol. The molecule has 3 heteroatoms. The molecule has 0 radical (unpaired) electrons. The number of hydrogen-bond donors (Lipinski definition) is 1. The monoisotopic (exact) mass is 236 g/mol. The molecule has 1 aromatic rings. The van der Waals surface area contributed by atoms with Crippen LogP contribution in [0.15, 0.2) is 18.2 Å². The van der Waals surface area contributed by atoms with Crippen LogP contribution in [0.4, 0.5) is 0 Å². The van der Waals surface area contributed by atoms with E-state index >= 15 is 0 Å². The molecule has 0 saturated heterocycles. The van der Waals surface area contributed by atoms with Gasteiger partial charge < -0.3 is 14.6 Å². The van der Waals surface area contributed by atoms with Crippen LogP contribution in [0.5, 0.6) is 11.5 Å². The fourth-order valence-electron chi connectivity index (χ4n) is 2.19. The molecule has 1 aromatic carbocycles. The Kier molecular flexibility index (Phi) is 3.57. The van der Waals surface area contributed by atoms with Crippen molar-refractivity contribution in [1.29, 1.82) is 0 Å². The molecule has 1 heterocycles. The summed E-state index contributed by atoms with van der Waals surface area (Å²) in [6.07, 6.45) is 1.38. The van der Waals surface area contributed by atoms with E-state index in [1.807, 2.05) is 18.2 Å². The smallest absolute Gasteiger partial charge is 0.125 e. The molecule has 2 rings (SSSR count). The molecule has 0 bridgehead atoms. The van der Waals surface area contributed by atoms with Gasteiger partial charge in [-0.25, -0.2) is 0 Å². The zero-order valence-electron chi connectivity index (χ0n) is 10.6. The highest BCUT2D eigenvalue weighted by Crippen LogP contribution is 2.39. The van der Waals surface area contributed by atoms with Crippen molar-refractivity contribution in [3.63, 3.8) is 0 Å². The summed E-state index contributed by atoms with van der Waals surface area (Å²) in [6, 6.07) is 5.60. The van der Waals surface area contributed by atoms with Crippen LogP contribution < -0.4 is 9.47 Å². The van der Waals surface area contributed by atoms with Crippen LogP contribution in [0.1, 0.15) is 38.4 Å². The summed E-state index contributed by atoms with van der Waals surface area (Å²) in [5, 5.41) is 10.2. The Balaban J connectivity index is 2.25. The van der Waals surface area contributed by atoms with E-state index in [-0.39, 0.29) is 6.10 Å². The largest absolute Gasteiger partial charge is 0.497 e. The topological polar surface area (TPSA) is 38.7 Å². The lowest BCUT2D eigenvalue weighted by Gasteiger charge is -2.33. The zero-order valence-corrected chi connectivity index (χ0v) is 10.6. The van der Waals surface area contributed by atoms with E-state index in [1.165, 1.54) is 0 Å². The lowest BCUT2D eigenvalue weighted by atomic mass is 9.91. The van der Waals surface area contributed by atoms with Crippen molar-refractivity contribution < 1.29 is 14.6 Å². The molecule has 3 nitrogen and oxygen atoms in total. The molecule has 1 aliphatic rings. The van der Waals surface area contributed by atoms with Gasteiger partial charge in [0.1, 0.15) is 17.6 Å². The van der Waals surface area contributed by atoms with Gasteiger partial charge >= 0.3 is 0 Å². The van der Waals surface area contributed by atoms with Crippen molar-refractivity contribution in [3.05, 3.63) is 23.8 Å². The van der Waals surface area contributed by atoms with Crippen LogP contribution in [0, 0.1) is 5.92 Å².